The van der Waals surface area contributed by atoms with Crippen molar-refractivity contribution >= 4 is 29.3 Å². The van der Waals surface area contributed by atoms with Gasteiger partial charge in [-0.15, -0.1) is 23.2 Å². The van der Waals surface area contributed by atoms with E-state index in [-0.39, 0.29) is 17.9 Å². The van der Waals surface area contributed by atoms with Crippen LogP contribution >= 0.6 is 11.3 Å². The summed E-state index contributed by atoms with van der Waals surface area (Å²) in [7, 11) is 0. The van der Waals surface area contributed by atoms with Gasteiger partial charge < -0.3 is 15.1 Å². The molecule has 1 saturated heterocycles. The molecular weight excluding hydrogens is 374 g/mol. The molecular formula is C22H27NO4S. The maximum atomic E-state index is 12.2. The molecule has 5 nitrogen and oxygen atoms in total. The molecule has 1 aromatic heterocycles. The number of hydrogen-bond donors (Lipinski definition) is 2. The van der Waals surface area contributed by atoms with E-state index >= 15 is 0 Å². The van der Waals surface area contributed by atoms with Crippen LogP contribution in [0.25, 0.3) is 6.08 Å². The molecule has 0 saturated carbocycles. The molecule has 2 heterocycles. The van der Waals surface area contributed by atoms with Gasteiger partial charge in [-0.3, -0.25) is 4.79 Å². The summed E-state index contributed by atoms with van der Waals surface area (Å²) in [6.45, 7) is 4.42. The minimum Gasteiger partial charge on any atom is -0.477 e. The number of likely N-dealkylation sites (tertiary alicyclic amines) is 1. The highest BCUT2D eigenvalue weighted by Gasteiger charge is 2.28. The van der Waals surface area contributed by atoms with Crippen LogP contribution in [0.1, 0.15) is 54.1 Å². The maximum absolute atomic E-state index is 12.2. The standard InChI is InChI=1S/C22H27NO4S/c1-3-4-5-7-16(2)19(24)12-9-17-10-14-21(25)23(17)15-6-8-18-11-13-20(28-18)22(26)27/h6,8-9,11-13,16-17,19,24H,3,7,10,14-15H2,1-2H3,(H,26,27)/b8-6-,12-9+/t16-,17-,19+/m0/s1. The molecule has 2 rings (SSSR count). The summed E-state index contributed by atoms with van der Waals surface area (Å²) in [6.07, 6.45) is 9.52. The van der Waals surface area contributed by atoms with Gasteiger partial charge in [0, 0.05) is 30.7 Å². The third-order valence-electron chi connectivity index (χ3n) is 4.64. The Labute approximate surface area is 170 Å². The highest BCUT2D eigenvalue weighted by atomic mass is 32.1. The topological polar surface area (TPSA) is 77.8 Å². The number of carboxylic acids is 1. The van der Waals surface area contributed by atoms with E-state index in [1.54, 1.807) is 23.1 Å². The number of aliphatic hydroxyl groups is 1. The fourth-order valence-electron chi connectivity index (χ4n) is 2.94. The summed E-state index contributed by atoms with van der Waals surface area (Å²) in [4.78, 5) is 26.0. The number of carbonyl (C=O) groups excluding carboxylic acids is 1. The van der Waals surface area contributed by atoms with Crippen LogP contribution in [0.2, 0.25) is 0 Å². The first kappa shape index (κ1) is 21.9. The fraction of sp³-hybridized carbons (Fsp3) is 0.455. The van der Waals surface area contributed by atoms with Crippen molar-refractivity contribution in [2.75, 3.05) is 6.54 Å². The molecule has 3 atom stereocenters. The van der Waals surface area contributed by atoms with Gasteiger partial charge in [-0.25, -0.2) is 4.79 Å². The normalized spacial score (nSPS) is 19.2. The van der Waals surface area contributed by atoms with Crippen LogP contribution < -0.4 is 0 Å². The maximum Gasteiger partial charge on any atom is 0.345 e. The number of aromatic carboxylic acids is 1. The highest BCUT2D eigenvalue weighted by molar-refractivity contribution is 7.14. The number of hydrogen-bond acceptors (Lipinski definition) is 4. The van der Waals surface area contributed by atoms with Gasteiger partial charge in [0.1, 0.15) is 4.88 Å². The molecule has 0 aromatic carbocycles. The Hall–Kier alpha value is -2.36. The van der Waals surface area contributed by atoms with Crippen molar-refractivity contribution in [3.63, 3.8) is 0 Å². The van der Waals surface area contributed by atoms with E-state index in [2.05, 4.69) is 11.8 Å². The first-order valence-electron chi connectivity index (χ1n) is 9.53. The molecule has 0 spiro atoms. The molecule has 0 radical (unpaired) electrons. The predicted octanol–water partition coefficient (Wildman–Crippen LogP) is 3.81. The molecule has 0 bridgehead atoms. The number of amides is 1. The third kappa shape index (κ3) is 6.36. The monoisotopic (exact) mass is 401 g/mol. The molecule has 6 heteroatoms. The Morgan fingerprint density at radius 3 is 2.89 bits per heavy atom. The zero-order valence-electron chi connectivity index (χ0n) is 16.3. The Balaban J connectivity index is 1.92. The number of aliphatic hydroxyl groups excluding tert-OH is 1. The Morgan fingerprint density at radius 2 is 2.21 bits per heavy atom. The van der Waals surface area contributed by atoms with Crippen LogP contribution in [-0.4, -0.2) is 45.7 Å². The van der Waals surface area contributed by atoms with Crippen LogP contribution in [0.15, 0.2) is 30.4 Å². The molecule has 1 aliphatic heterocycles. The SMILES string of the molecule is CCC#CC[C@H](C)[C@H](O)/C=C/[C@H]1CCC(=O)N1C/C=C\c1ccc(C(=O)O)s1. The molecule has 1 aromatic rings. The molecule has 150 valence electrons. The second-order valence-corrected chi connectivity index (χ2v) is 7.94. The van der Waals surface area contributed by atoms with Crippen molar-refractivity contribution in [2.45, 2.75) is 51.7 Å². The second-order valence-electron chi connectivity index (χ2n) is 6.83. The number of carbonyl (C=O) groups is 2. The van der Waals surface area contributed by atoms with Crippen molar-refractivity contribution in [3.8, 4) is 11.8 Å². The van der Waals surface area contributed by atoms with Gasteiger partial charge in [-0.2, -0.15) is 0 Å². The number of carboxylic acid groups (broad SMARTS) is 1. The zero-order valence-corrected chi connectivity index (χ0v) is 17.1. The van der Waals surface area contributed by atoms with E-state index in [0.717, 1.165) is 17.7 Å². The van der Waals surface area contributed by atoms with E-state index < -0.39 is 12.1 Å². The molecule has 2 N–H and O–H groups in total. The molecule has 1 fully saturated rings. The molecule has 28 heavy (non-hydrogen) atoms. The Bertz CT molecular complexity index is 799. The van der Waals surface area contributed by atoms with E-state index in [1.807, 2.05) is 32.1 Å². The van der Waals surface area contributed by atoms with Crippen LogP contribution in [0.3, 0.4) is 0 Å². The quantitative estimate of drug-likeness (QED) is 0.513. The minimum absolute atomic E-state index is 0.0290. The second kappa shape index (κ2) is 10.8. The highest BCUT2D eigenvalue weighted by Crippen LogP contribution is 2.22. The number of thiophene rings is 1. The largest absolute Gasteiger partial charge is 0.477 e. The van der Waals surface area contributed by atoms with E-state index in [0.29, 0.717) is 24.3 Å². The summed E-state index contributed by atoms with van der Waals surface area (Å²) < 4.78 is 0. The lowest BCUT2D eigenvalue weighted by Crippen LogP contribution is -2.32. The van der Waals surface area contributed by atoms with Crippen molar-refractivity contribution in [3.05, 3.63) is 40.1 Å². The van der Waals surface area contributed by atoms with Crippen LogP contribution in [0.5, 0.6) is 0 Å². The first-order valence-corrected chi connectivity index (χ1v) is 10.3. The van der Waals surface area contributed by atoms with E-state index in [1.165, 1.54) is 11.3 Å². The van der Waals surface area contributed by atoms with Gasteiger partial charge in [-0.1, -0.05) is 32.1 Å². The molecule has 1 aliphatic rings. The van der Waals surface area contributed by atoms with Gasteiger partial charge in [0.2, 0.25) is 5.91 Å². The van der Waals surface area contributed by atoms with Crippen molar-refractivity contribution in [2.24, 2.45) is 5.92 Å². The molecule has 0 unspecified atom stereocenters. The third-order valence-corrected chi connectivity index (χ3v) is 5.67. The van der Waals surface area contributed by atoms with Crippen molar-refractivity contribution < 1.29 is 19.8 Å². The Kier molecular flexibility index (Phi) is 8.49. The summed E-state index contributed by atoms with van der Waals surface area (Å²) in [5, 5.41) is 19.2. The van der Waals surface area contributed by atoms with Gasteiger partial charge in [0.25, 0.3) is 0 Å². The summed E-state index contributed by atoms with van der Waals surface area (Å²) in [5.74, 6) is 5.27. The predicted molar refractivity (Wildman–Crippen MR) is 112 cm³/mol. The first-order chi connectivity index (χ1) is 13.4. The summed E-state index contributed by atoms with van der Waals surface area (Å²) in [5.41, 5.74) is 0. The average molecular weight is 402 g/mol. The smallest absolute Gasteiger partial charge is 0.345 e. The van der Waals surface area contributed by atoms with Crippen LogP contribution in [0.4, 0.5) is 0 Å². The number of rotatable bonds is 8. The van der Waals surface area contributed by atoms with Gasteiger partial charge in [0.05, 0.1) is 12.1 Å². The zero-order chi connectivity index (χ0) is 20.5. The van der Waals surface area contributed by atoms with Gasteiger partial charge >= 0.3 is 5.97 Å². The van der Waals surface area contributed by atoms with Crippen molar-refractivity contribution in [1.29, 1.82) is 0 Å². The molecule has 0 aliphatic carbocycles. The average Bonchev–Trinajstić information content (AvgIpc) is 3.27. The van der Waals surface area contributed by atoms with Gasteiger partial charge in [-0.05, 0) is 30.5 Å². The fourth-order valence-corrected chi connectivity index (χ4v) is 3.72. The van der Waals surface area contributed by atoms with Crippen LogP contribution in [-0.2, 0) is 4.79 Å². The Morgan fingerprint density at radius 1 is 1.43 bits per heavy atom. The van der Waals surface area contributed by atoms with Crippen molar-refractivity contribution in [1.82, 2.24) is 4.90 Å². The van der Waals surface area contributed by atoms with Crippen LogP contribution in [0, 0.1) is 17.8 Å². The van der Waals surface area contributed by atoms with E-state index in [9.17, 15) is 14.7 Å². The number of nitrogens with zero attached hydrogens (tertiary/aromatic N) is 1. The van der Waals surface area contributed by atoms with Gasteiger partial charge in [0.15, 0.2) is 0 Å². The lowest BCUT2D eigenvalue weighted by Gasteiger charge is -2.21. The molecule has 1 amide bonds. The lowest BCUT2D eigenvalue weighted by atomic mass is 10.00. The summed E-state index contributed by atoms with van der Waals surface area (Å²) >= 11 is 1.20. The van der Waals surface area contributed by atoms with E-state index in [4.69, 9.17) is 5.11 Å². The minimum atomic E-state index is -0.932. The summed E-state index contributed by atoms with van der Waals surface area (Å²) in [6, 6.07) is 3.30. The lowest BCUT2D eigenvalue weighted by molar-refractivity contribution is -0.127.